The second kappa shape index (κ2) is 5.20. The number of carbonyl (C=O) groups excluding carboxylic acids is 1. The molecule has 3 aliphatic heterocycles. The minimum atomic E-state index is -0.373. The summed E-state index contributed by atoms with van der Waals surface area (Å²) in [5.41, 5.74) is 9.19. The van der Waals surface area contributed by atoms with Crippen LogP contribution in [0, 0.1) is 0 Å². The lowest BCUT2D eigenvalue weighted by molar-refractivity contribution is -0.164. The molecule has 1 fully saturated rings. The highest BCUT2D eigenvalue weighted by atomic mass is 16.5. The highest BCUT2D eigenvalue weighted by molar-refractivity contribution is 6.20. The SMILES string of the molecule is CC12CCCC(O1)C1c3ccccc3-c3c4c(c5c6ccccc6n2c5c31)CNC4=O. The van der Waals surface area contributed by atoms with Crippen LogP contribution in [0.15, 0.2) is 48.5 Å². The number of para-hydroxylation sites is 1. The number of amides is 1. The van der Waals surface area contributed by atoms with Crippen LogP contribution >= 0.6 is 0 Å². The van der Waals surface area contributed by atoms with E-state index in [1.54, 1.807) is 0 Å². The maximum atomic E-state index is 13.2. The molecule has 0 saturated carbocycles. The molecule has 4 aromatic rings. The van der Waals surface area contributed by atoms with E-state index in [2.05, 4.69) is 65.3 Å². The molecule has 1 aromatic heterocycles. The molecule has 4 heteroatoms. The molecule has 0 spiro atoms. The molecule has 31 heavy (non-hydrogen) atoms. The molecule has 0 radical (unpaired) electrons. The summed E-state index contributed by atoms with van der Waals surface area (Å²) in [6.07, 6.45) is 3.35. The van der Waals surface area contributed by atoms with E-state index in [9.17, 15) is 4.79 Å². The van der Waals surface area contributed by atoms with Crippen LogP contribution in [0.4, 0.5) is 0 Å². The first kappa shape index (κ1) is 16.6. The van der Waals surface area contributed by atoms with Crippen LogP contribution in [-0.4, -0.2) is 16.6 Å². The molecular weight excluding hydrogens is 384 g/mol. The van der Waals surface area contributed by atoms with Crippen molar-refractivity contribution in [2.45, 2.75) is 50.5 Å². The normalized spacial score (nSPS) is 27.3. The van der Waals surface area contributed by atoms with Gasteiger partial charge in [0.25, 0.3) is 5.91 Å². The van der Waals surface area contributed by atoms with Crippen LogP contribution in [0.5, 0.6) is 0 Å². The van der Waals surface area contributed by atoms with Crippen LogP contribution in [-0.2, 0) is 17.0 Å². The highest BCUT2D eigenvalue weighted by Crippen LogP contribution is 2.59. The quantitative estimate of drug-likeness (QED) is 0.425. The van der Waals surface area contributed by atoms with Crippen LogP contribution in [0.2, 0.25) is 0 Å². The van der Waals surface area contributed by atoms with Crippen LogP contribution < -0.4 is 5.32 Å². The lowest BCUT2D eigenvalue weighted by atomic mass is 9.85. The van der Waals surface area contributed by atoms with Gasteiger partial charge >= 0.3 is 0 Å². The van der Waals surface area contributed by atoms with Gasteiger partial charge in [-0.3, -0.25) is 4.79 Å². The molecular formula is C27H22N2O2. The molecule has 4 nitrogen and oxygen atoms in total. The number of fused-ring (bicyclic) bond motifs is 13. The lowest BCUT2D eigenvalue weighted by Gasteiger charge is -2.40. The first-order chi connectivity index (χ1) is 15.2. The van der Waals surface area contributed by atoms with Gasteiger partial charge in [0.05, 0.1) is 22.7 Å². The van der Waals surface area contributed by atoms with Crippen molar-refractivity contribution in [3.8, 4) is 11.1 Å². The Morgan fingerprint density at radius 2 is 1.94 bits per heavy atom. The summed E-state index contributed by atoms with van der Waals surface area (Å²) in [6.45, 7) is 2.86. The second-order valence-corrected chi connectivity index (χ2v) is 9.69. The molecule has 4 aliphatic rings. The number of nitrogens with zero attached hydrogens (tertiary/aromatic N) is 1. The average Bonchev–Trinajstić information content (AvgIpc) is 3.41. The fourth-order valence-electron chi connectivity index (χ4n) is 7.10. The molecule has 8 rings (SSSR count). The molecule has 4 heterocycles. The number of benzene rings is 3. The van der Waals surface area contributed by atoms with E-state index in [4.69, 9.17) is 4.74 Å². The van der Waals surface area contributed by atoms with Crippen molar-refractivity contribution in [1.29, 1.82) is 0 Å². The fourth-order valence-corrected chi connectivity index (χ4v) is 7.10. The van der Waals surface area contributed by atoms with Crippen molar-refractivity contribution in [2.75, 3.05) is 0 Å². The zero-order valence-corrected chi connectivity index (χ0v) is 17.4. The van der Waals surface area contributed by atoms with E-state index < -0.39 is 0 Å². The number of hydrogen-bond acceptors (Lipinski definition) is 2. The third-order valence-electron chi connectivity index (χ3n) is 8.16. The van der Waals surface area contributed by atoms with Crippen molar-refractivity contribution in [1.82, 2.24) is 9.88 Å². The van der Waals surface area contributed by atoms with Gasteiger partial charge in [0, 0.05) is 28.8 Å². The average molecular weight is 406 g/mol. The number of carbonyl (C=O) groups is 1. The van der Waals surface area contributed by atoms with Crippen LogP contribution in [0.3, 0.4) is 0 Å². The molecule has 1 saturated heterocycles. The minimum absolute atomic E-state index is 0.0646. The lowest BCUT2D eigenvalue weighted by Crippen LogP contribution is -2.40. The Kier molecular flexibility index (Phi) is 2.78. The smallest absolute Gasteiger partial charge is 0.252 e. The van der Waals surface area contributed by atoms with Gasteiger partial charge in [-0.05, 0) is 54.5 Å². The zero-order chi connectivity index (χ0) is 20.5. The summed E-state index contributed by atoms with van der Waals surface area (Å²) in [7, 11) is 0. The van der Waals surface area contributed by atoms with Crippen molar-refractivity contribution in [2.24, 2.45) is 0 Å². The maximum absolute atomic E-state index is 13.2. The summed E-state index contributed by atoms with van der Waals surface area (Å²) in [6, 6.07) is 17.3. The van der Waals surface area contributed by atoms with Gasteiger partial charge in [0.2, 0.25) is 0 Å². The molecule has 3 aromatic carbocycles. The third kappa shape index (κ3) is 1.74. The summed E-state index contributed by atoms with van der Waals surface area (Å²) >= 11 is 0. The van der Waals surface area contributed by atoms with E-state index in [-0.39, 0.29) is 23.7 Å². The minimum Gasteiger partial charge on any atom is -0.351 e. The van der Waals surface area contributed by atoms with Crippen molar-refractivity contribution >= 4 is 27.7 Å². The first-order valence-corrected chi connectivity index (χ1v) is 11.3. The number of aromatic nitrogens is 1. The van der Waals surface area contributed by atoms with Gasteiger partial charge in [-0.1, -0.05) is 42.5 Å². The van der Waals surface area contributed by atoms with Crippen LogP contribution in [0.1, 0.15) is 59.2 Å². The maximum Gasteiger partial charge on any atom is 0.252 e. The first-order valence-electron chi connectivity index (χ1n) is 11.3. The summed E-state index contributed by atoms with van der Waals surface area (Å²) in [4.78, 5) is 13.2. The summed E-state index contributed by atoms with van der Waals surface area (Å²) in [5.74, 6) is 0.243. The molecule has 2 bridgehead atoms. The molecule has 1 aliphatic carbocycles. The second-order valence-electron chi connectivity index (χ2n) is 9.69. The predicted molar refractivity (Wildman–Crippen MR) is 120 cm³/mol. The van der Waals surface area contributed by atoms with Gasteiger partial charge in [-0.2, -0.15) is 0 Å². The highest BCUT2D eigenvalue weighted by Gasteiger charge is 2.50. The Labute approximate surface area is 179 Å². The Hall–Kier alpha value is -3.11. The Morgan fingerprint density at radius 1 is 1.10 bits per heavy atom. The van der Waals surface area contributed by atoms with Gasteiger partial charge in [0.1, 0.15) is 5.72 Å². The Balaban J connectivity index is 1.70. The van der Waals surface area contributed by atoms with Crippen molar-refractivity contribution in [3.63, 3.8) is 0 Å². The van der Waals surface area contributed by atoms with E-state index in [0.717, 1.165) is 36.0 Å². The van der Waals surface area contributed by atoms with Crippen molar-refractivity contribution < 1.29 is 9.53 Å². The van der Waals surface area contributed by atoms with Gasteiger partial charge in [-0.15, -0.1) is 0 Å². The molecule has 3 atom stereocenters. The molecule has 152 valence electrons. The summed E-state index contributed by atoms with van der Waals surface area (Å²) in [5, 5.41) is 5.62. The number of hydrogen-bond donors (Lipinski definition) is 1. The van der Waals surface area contributed by atoms with Crippen LogP contribution in [0.25, 0.3) is 32.9 Å². The third-order valence-corrected chi connectivity index (χ3v) is 8.16. The van der Waals surface area contributed by atoms with Gasteiger partial charge in [0.15, 0.2) is 0 Å². The Bertz CT molecular complexity index is 1500. The van der Waals surface area contributed by atoms with E-state index in [0.29, 0.717) is 6.54 Å². The van der Waals surface area contributed by atoms with Crippen molar-refractivity contribution in [3.05, 3.63) is 70.8 Å². The molecule has 1 N–H and O–H groups in total. The monoisotopic (exact) mass is 406 g/mol. The summed E-state index contributed by atoms with van der Waals surface area (Å²) < 4.78 is 9.47. The number of ether oxygens (including phenoxy) is 1. The van der Waals surface area contributed by atoms with E-state index in [1.807, 2.05) is 0 Å². The largest absolute Gasteiger partial charge is 0.351 e. The molecule has 3 unspecified atom stereocenters. The van der Waals surface area contributed by atoms with Gasteiger partial charge < -0.3 is 14.6 Å². The van der Waals surface area contributed by atoms with Gasteiger partial charge in [-0.25, -0.2) is 0 Å². The number of nitrogens with one attached hydrogen (secondary N) is 1. The Morgan fingerprint density at radius 3 is 2.87 bits per heavy atom. The number of rotatable bonds is 0. The fraction of sp³-hybridized carbons (Fsp3) is 0.296. The van der Waals surface area contributed by atoms with E-state index >= 15 is 0 Å². The zero-order valence-electron chi connectivity index (χ0n) is 17.4. The topological polar surface area (TPSA) is 43.3 Å². The molecule has 1 amide bonds. The van der Waals surface area contributed by atoms with E-state index in [1.165, 1.54) is 38.5 Å². The predicted octanol–water partition coefficient (Wildman–Crippen LogP) is 5.41. The standard InChI is InChI=1S/C27H22N2O2/c1-27-12-6-11-19(31-27)21-14-7-2-3-8-15(14)22-23-17(13-28-26(23)30)20-16-9-4-5-10-18(16)29(27)25(20)24(21)22/h2-5,7-10,19,21H,6,11-13H2,1H3,(H,28,30).